The molecule has 2 aliphatic rings. The average Bonchev–Trinajstić information content (AvgIpc) is 3.24. The number of nitrogens with zero attached hydrogens (tertiary/aromatic N) is 3. The molecular weight excluding hydrogens is 494 g/mol. The Bertz CT molecular complexity index is 1430. The molecule has 1 fully saturated rings. The third-order valence-electron chi connectivity index (χ3n) is 7.21. The molecule has 2 aliphatic heterocycles. The number of hydrogen-bond donors (Lipinski definition) is 0. The summed E-state index contributed by atoms with van der Waals surface area (Å²) in [5.74, 6) is 1.67. The minimum atomic E-state index is -0.145. The monoisotopic (exact) mass is 525 g/mol. The lowest BCUT2D eigenvalue weighted by Crippen LogP contribution is -2.33. The maximum absolute atomic E-state index is 13.9. The van der Waals surface area contributed by atoms with E-state index in [9.17, 15) is 4.79 Å². The Labute approximate surface area is 227 Å². The van der Waals surface area contributed by atoms with Crippen LogP contribution in [0.25, 0.3) is 22.4 Å². The molecule has 4 aromatic rings. The van der Waals surface area contributed by atoms with Gasteiger partial charge in [-0.2, -0.15) is 0 Å². The number of pyridine rings is 1. The van der Waals surface area contributed by atoms with E-state index in [1.165, 1.54) is 0 Å². The van der Waals surface area contributed by atoms with E-state index in [1.807, 2.05) is 54.7 Å². The fraction of sp³-hybridized carbons (Fsp3) is 0.323. The summed E-state index contributed by atoms with van der Waals surface area (Å²) in [4.78, 5) is 20.0. The van der Waals surface area contributed by atoms with Gasteiger partial charge in [0.1, 0.15) is 30.2 Å². The zero-order valence-electron chi connectivity index (χ0n) is 22.0. The van der Waals surface area contributed by atoms with Gasteiger partial charge in [0.05, 0.1) is 12.6 Å². The normalized spacial score (nSPS) is 17.2. The van der Waals surface area contributed by atoms with Crippen molar-refractivity contribution in [3.8, 4) is 33.9 Å². The molecule has 0 bridgehead atoms. The zero-order valence-corrected chi connectivity index (χ0v) is 22.0. The number of hydrogen-bond acceptors (Lipinski definition) is 7. The third-order valence-corrected chi connectivity index (χ3v) is 7.21. The van der Waals surface area contributed by atoms with Gasteiger partial charge in [0, 0.05) is 42.2 Å². The van der Waals surface area contributed by atoms with E-state index < -0.39 is 0 Å². The minimum Gasteiger partial charge on any atom is -0.487 e. The van der Waals surface area contributed by atoms with Crippen molar-refractivity contribution in [1.29, 1.82) is 0 Å². The fourth-order valence-corrected chi connectivity index (χ4v) is 5.16. The lowest BCUT2D eigenvalue weighted by Gasteiger charge is -2.24. The Hall–Kier alpha value is -4.17. The predicted molar refractivity (Wildman–Crippen MR) is 146 cm³/mol. The highest BCUT2D eigenvalue weighted by Gasteiger charge is 2.30. The first-order chi connectivity index (χ1) is 19.2. The summed E-state index contributed by atoms with van der Waals surface area (Å²) in [5, 5.41) is 4.21. The fourth-order valence-electron chi connectivity index (χ4n) is 5.16. The van der Waals surface area contributed by atoms with Crippen molar-refractivity contribution in [1.82, 2.24) is 15.0 Å². The smallest absolute Gasteiger partial charge is 0.260 e. The third kappa shape index (κ3) is 5.38. The molecule has 0 unspecified atom stereocenters. The van der Waals surface area contributed by atoms with Crippen LogP contribution in [0.15, 0.2) is 71.5 Å². The van der Waals surface area contributed by atoms with Crippen LogP contribution in [0.2, 0.25) is 0 Å². The molecule has 2 aromatic heterocycles. The zero-order chi connectivity index (χ0) is 26.6. The molecule has 4 heterocycles. The Balaban J connectivity index is 1.33. The van der Waals surface area contributed by atoms with Crippen molar-refractivity contribution in [2.45, 2.75) is 38.8 Å². The number of benzene rings is 2. The highest BCUT2D eigenvalue weighted by atomic mass is 16.5. The van der Waals surface area contributed by atoms with Crippen molar-refractivity contribution in [2.24, 2.45) is 0 Å². The van der Waals surface area contributed by atoms with Crippen molar-refractivity contribution in [2.75, 3.05) is 26.4 Å². The summed E-state index contributed by atoms with van der Waals surface area (Å²) >= 11 is 0. The summed E-state index contributed by atoms with van der Waals surface area (Å²) in [6.07, 6.45) is 6.85. The second kappa shape index (κ2) is 11.3. The van der Waals surface area contributed by atoms with E-state index in [2.05, 4.69) is 16.2 Å². The molecule has 39 heavy (non-hydrogen) atoms. The van der Waals surface area contributed by atoms with Crippen LogP contribution in [0.1, 0.15) is 40.9 Å². The first-order valence-corrected chi connectivity index (χ1v) is 13.4. The molecule has 8 heteroatoms. The molecule has 6 rings (SSSR count). The van der Waals surface area contributed by atoms with Gasteiger partial charge < -0.3 is 23.6 Å². The number of amides is 1. The second-order valence-corrected chi connectivity index (χ2v) is 9.91. The van der Waals surface area contributed by atoms with E-state index >= 15 is 0 Å². The van der Waals surface area contributed by atoms with Crippen molar-refractivity contribution in [3.63, 3.8) is 0 Å². The number of fused-ring (bicyclic) bond motifs is 1. The molecule has 200 valence electrons. The molecule has 0 spiro atoms. The number of carbonyl (C=O) groups excluding carboxylic acids is 1. The van der Waals surface area contributed by atoms with Gasteiger partial charge >= 0.3 is 0 Å². The van der Waals surface area contributed by atoms with Crippen molar-refractivity contribution >= 4 is 5.91 Å². The number of carbonyl (C=O) groups is 1. The summed E-state index contributed by atoms with van der Waals surface area (Å²) < 4.78 is 23.9. The molecule has 8 nitrogen and oxygen atoms in total. The Kier molecular flexibility index (Phi) is 7.27. The van der Waals surface area contributed by atoms with E-state index in [-0.39, 0.29) is 12.0 Å². The van der Waals surface area contributed by atoms with Crippen LogP contribution in [-0.4, -0.2) is 53.4 Å². The van der Waals surface area contributed by atoms with E-state index in [0.717, 1.165) is 48.1 Å². The van der Waals surface area contributed by atoms with Crippen molar-refractivity contribution < 1.29 is 23.5 Å². The van der Waals surface area contributed by atoms with Gasteiger partial charge in [0.15, 0.2) is 11.5 Å². The van der Waals surface area contributed by atoms with E-state index in [4.69, 9.17) is 18.7 Å². The maximum Gasteiger partial charge on any atom is 0.260 e. The van der Waals surface area contributed by atoms with Gasteiger partial charge in [-0.25, -0.2) is 0 Å². The SMILES string of the molecule is Cc1onc(-c2ccccc2)c1C(=O)N1CCOc2c(cc(-c3cccnc3)cc2OC[C@H]2CCCCO2)C1. The van der Waals surface area contributed by atoms with Gasteiger partial charge in [-0.3, -0.25) is 9.78 Å². The molecule has 1 saturated heterocycles. The van der Waals surface area contributed by atoms with Gasteiger partial charge in [-0.1, -0.05) is 41.6 Å². The van der Waals surface area contributed by atoms with Crippen LogP contribution < -0.4 is 9.47 Å². The Morgan fingerprint density at radius 1 is 1.05 bits per heavy atom. The van der Waals surface area contributed by atoms with Gasteiger partial charge in [-0.05, 0) is 49.9 Å². The standard InChI is InChI=1S/C31H31N3O5/c1-21-28(29(33-39-21)22-8-3-2-4-9-22)31(35)34-13-15-37-30-25(19-34)16-24(23-10-7-12-32-18-23)17-27(30)38-20-26-11-5-6-14-36-26/h2-4,7-10,12,16-18,26H,5-6,11,13-15,19-20H2,1H3/t26-/m1/s1. The molecule has 0 N–H and O–H groups in total. The first kappa shape index (κ1) is 25.1. The number of aryl methyl sites for hydroxylation is 1. The number of rotatable bonds is 6. The minimum absolute atomic E-state index is 0.0632. The van der Waals surface area contributed by atoms with Gasteiger partial charge in [-0.15, -0.1) is 0 Å². The second-order valence-electron chi connectivity index (χ2n) is 9.91. The van der Waals surface area contributed by atoms with Crippen LogP contribution in [0.3, 0.4) is 0 Å². The largest absolute Gasteiger partial charge is 0.487 e. The quantitative estimate of drug-likeness (QED) is 0.319. The highest BCUT2D eigenvalue weighted by Crippen LogP contribution is 2.39. The molecule has 0 radical (unpaired) electrons. The van der Waals surface area contributed by atoms with Gasteiger partial charge in [0.25, 0.3) is 5.91 Å². The topological polar surface area (TPSA) is 86.9 Å². The lowest BCUT2D eigenvalue weighted by molar-refractivity contribution is -0.0115. The molecular formula is C31H31N3O5. The summed E-state index contributed by atoms with van der Waals surface area (Å²) in [6, 6.07) is 17.6. The molecule has 0 saturated carbocycles. The number of aromatic nitrogens is 2. The maximum atomic E-state index is 13.9. The number of ether oxygens (including phenoxy) is 3. The Morgan fingerprint density at radius 3 is 2.72 bits per heavy atom. The van der Waals surface area contributed by atoms with E-state index in [0.29, 0.717) is 54.8 Å². The highest BCUT2D eigenvalue weighted by molar-refractivity contribution is 6.00. The lowest BCUT2D eigenvalue weighted by atomic mass is 10.0. The van der Waals surface area contributed by atoms with Crippen LogP contribution in [-0.2, 0) is 11.3 Å². The van der Waals surface area contributed by atoms with Crippen LogP contribution >= 0.6 is 0 Å². The van der Waals surface area contributed by atoms with Gasteiger partial charge in [0.2, 0.25) is 0 Å². The van der Waals surface area contributed by atoms with Crippen LogP contribution in [0, 0.1) is 6.92 Å². The average molecular weight is 526 g/mol. The van der Waals surface area contributed by atoms with Crippen LogP contribution in [0.4, 0.5) is 0 Å². The summed E-state index contributed by atoms with van der Waals surface area (Å²) in [5.41, 5.74) is 4.64. The molecule has 0 aliphatic carbocycles. The first-order valence-electron chi connectivity index (χ1n) is 13.4. The summed E-state index contributed by atoms with van der Waals surface area (Å²) in [6.45, 7) is 4.11. The predicted octanol–water partition coefficient (Wildman–Crippen LogP) is 5.69. The Morgan fingerprint density at radius 2 is 1.92 bits per heavy atom. The van der Waals surface area contributed by atoms with Crippen LogP contribution in [0.5, 0.6) is 11.5 Å². The van der Waals surface area contributed by atoms with E-state index in [1.54, 1.807) is 18.0 Å². The molecule has 1 atom stereocenters. The molecule has 1 amide bonds. The molecule has 2 aromatic carbocycles. The van der Waals surface area contributed by atoms with Crippen molar-refractivity contribution in [3.05, 3.63) is 83.9 Å². The summed E-state index contributed by atoms with van der Waals surface area (Å²) in [7, 11) is 0.